The summed E-state index contributed by atoms with van der Waals surface area (Å²) in [6.45, 7) is 3.05. The van der Waals surface area contributed by atoms with Crippen molar-refractivity contribution in [1.29, 1.82) is 0 Å². The predicted molar refractivity (Wildman–Crippen MR) is 125 cm³/mol. The van der Waals surface area contributed by atoms with Crippen molar-refractivity contribution in [2.24, 2.45) is 5.73 Å². The van der Waals surface area contributed by atoms with Gasteiger partial charge in [-0.05, 0) is 18.5 Å². The minimum absolute atomic E-state index is 0.0291. The number of benzene rings is 1. The lowest BCUT2D eigenvalue weighted by Gasteiger charge is -2.31. The second-order valence-electron chi connectivity index (χ2n) is 7.30. The van der Waals surface area contributed by atoms with Crippen LogP contribution >= 0.6 is 11.6 Å². The number of nitrogens with zero attached hydrogens (tertiary/aromatic N) is 4. The van der Waals surface area contributed by atoms with E-state index in [1.165, 1.54) is 0 Å². The predicted octanol–water partition coefficient (Wildman–Crippen LogP) is 2.36. The molecule has 1 saturated heterocycles. The third kappa shape index (κ3) is 4.80. The Hall–Kier alpha value is -3.27. The van der Waals surface area contributed by atoms with Gasteiger partial charge in [-0.15, -0.1) is 0 Å². The normalized spacial score (nSPS) is 13.8. The molecule has 1 aliphatic heterocycles. The number of hydrogen-bond acceptors (Lipinski definition) is 8. The van der Waals surface area contributed by atoms with Gasteiger partial charge in [-0.1, -0.05) is 35.9 Å². The molecule has 0 atom stereocenters. The third-order valence-electron chi connectivity index (χ3n) is 5.15. The number of morpholine rings is 1. The van der Waals surface area contributed by atoms with Gasteiger partial charge >= 0.3 is 0 Å². The molecule has 4 rings (SSSR count). The minimum Gasteiger partial charge on any atom is -0.382 e. The molecule has 32 heavy (non-hydrogen) atoms. The molecule has 166 valence electrons. The van der Waals surface area contributed by atoms with Gasteiger partial charge in [0.2, 0.25) is 0 Å². The number of aromatic nitrogens is 3. The molecule has 1 fully saturated rings. The second-order valence-corrected chi connectivity index (χ2v) is 7.70. The van der Waals surface area contributed by atoms with Gasteiger partial charge in [0, 0.05) is 24.8 Å². The summed E-state index contributed by atoms with van der Waals surface area (Å²) in [6.07, 6.45) is 5.44. The molecule has 3 heterocycles. The van der Waals surface area contributed by atoms with E-state index in [0.29, 0.717) is 54.9 Å². The maximum Gasteiger partial charge on any atom is 0.278 e. The van der Waals surface area contributed by atoms with Crippen LogP contribution < -0.4 is 21.7 Å². The number of hydrogen-bond donors (Lipinski definition) is 3. The van der Waals surface area contributed by atoms with Gasteiger partial charge in [-0.2, -0.15) is 0 Å². The number of pyridine rings is 1. The highest BCUT2D eigenvalue weighted by atomic mass is 35.5. The Balaban J connectivity index is 1.60. The van der Waals surface area contributed by atoms with Gasteiger partial charge in [0.1, 0.15) is 0 Å². The highest BCUT2D eigenvalue weighted by Gasteiger charge is 2.22. The first-order valence-electron chi connectivity index (χ1n) is 10.3. The molecule has 0 unspecified atom stereocenters. The molecule has 0 radical (unpaired) electrons. The Morgan fingerprint density at radius 1 is 1.16 bits per heavy atom. The van der Waals surface area contributed by atoms with E-state index in [1.807, 2.05) is 24.3 Å². The van der Waals surface area contributed by atoms with Crippen LogP contribution in [0.2, 0.25) is 5.02 Å². The first-order chi connectivity index (χ1) is 15.6. The van der Waals surface area contributed by atoms with Gasteiger partial charge in [0.15, 0.2) is 11.5 Å². The van der Waals surface area contributed by atoms with Crippen molar-refractivity contribution < 1.29 is 9.53 Å². The van der Waals surface area contributed by atoms with Crippen molar-refractivity contribution in [3.63, 3.8) is 0 Å². The Morgan fingerprint density at radius 2 is 1.91 bits per heavy atom. The van der Waals surface area contributed by atoms with Crippen LogP contribution in [-0.2, 0) is 11.2 Å². The fraction of sp³-hybridized carbons (Fsp3) is 0.273. The van der Waals surface area contributed by atoms with Crippen LogP contribution in [0.25, 0.3) is 11.3 Å². The largest absolute Gasteiger partial charge is 0.382 e. The van der Waals surface area contributed by atoms with E-state index in [2.05, 4.69) is 25.2 Å². The highest BCUT2D eigenvalue weighted by molar-refractivity contribution is 6.34. The number of ether oxygens (including phenoxy) is 1. The summed E-state index contributed by atoms with van der Waals surface area (Å²) in [5, 5.41) is 3.29. The number of carbonyl (C=O) groups excluding carboxylic acids is 1. The number of nitrogen functional groups attached to an aromatic ring is 1. The third-order valence-corrected chi connectivity index (χ3v) is 5.42. The fourth-order valence-corrected chi connectivity index (χ4v) is 3.80. The lowest BCUT2D eigenvalue weighted by molar-refractivity contribution is 0.102. The van der Waals surface area contributed by atoms with Crippen LogP contribution in [0.4, 0.5) is 17.2 Å². The topological polar surface area (TPSA) is 132 Å². The van der Waals surface area contributed by atoms with E-state index in [-0.39, 0.29) is 11.5 Å². The molecule has 5 N–H and O–H groups in total. The average Bonchev–Trinajstić information content (AvgIpc) is 2.81. The fourth-order valence-electron chi connectivity index (χ4n) is 3.52. The summed E-state index contributed by atoms with van der Waals surface area (Å²) in [5.41, 5.74) is 15.3. The zero-order valence-corrected chi connectivity index (χ0v) is 18.2. The molecule has 1 amide bonds. The molecule has 3 aromatic rings. The summed E-state index contributed by atoms with van der Waals surface area (Å²) in [4.78, 5) is 27.9. The van der Waals surface area contributed by atoms with E-state index < -0.39 is 5.91 Å². The number of rotatable bonds is 6. The van der Waals surface area contributed by atoms with Crippen LogP contribution in [0.3, 0.4) is 0 Å². The SMILES string of the molecule is NCCc1ccc(-c2cnc(N)c(C(=O)Nc3cncc(Cl)c3N3CCOCC3)n2)cc1. The van der Waals surface area contributed by atoms with E-state index in [9.17, 15) is 4.79 Å². The summed E-state index contributed by atoms with van der Waals surface area (Å²) >= 11 is 6.41. The van der Waals surface area contributed by atoms with Crippen LogP contribution in [0.1, 0.15) is 16.1 Å². The highest BCUT2D eigenvalue weighted by Crippen LogP contribution is 2.34. The van der Waals surface area contributed by atoms with Gasteiger partial charge in [-0.3, -0.25) is 9.78 Å². The van der Waals surface area contributed by atoms with E-state index in [0.717, 1.165) is 17.5 Å². The smallest absolute Gasteiger partial charge is 0.278 e. The molecule has 0 bridgehead atoms. The maximum atomic E-state index is 13.1. The van der Waals surface area contributed by atoms with Crippen LogP contribution in [0, 0.1) is 0 Å². The lowest BCUT2D eigenvalue weighted by atomic mass is 10.1. The van der Waals surface area contributed by atoms with Crippen LogP contribution in [0.15, 0.2) is 42.9 Å². The minimum atomic E-state index is -0.491. The molecule has 1 aromatic carbocycles. The monoisotopic (exact) mass is 453 g/mol. The summed E-state index contributed by atoms with van der Waals surface area (Å²) in [7, 11) is 0. The molecule has 10 heteroatoms. The van der Waals surface area contributed by atoms with Crippen molar-refractivity contribution in [3.8, 4) is 11.3 Å². The second kappa shape index (κ2) is 9.90. The van der Waals surface area contributed by atoms with Crippen molar-refractivity contribution in [1.82, 2.24) is 15.0 Å². The van der Waals surface area contributed by atoms with E-state index in [1.54, 1.807) is 18.6 Å². The number of carbonyl (C=O) groups is 1. The molecular formula is C22H24ClN7O2. The number of nitrogens with two attached hydrogens (primary N) is 2. The number of anilines is 3. The standard InChI is InChI=1S/C22H24ClN7O2/c23-16-11-26-12-18(20(16)30-7-9-32-10-8-30)29-22(31)19-21(25)27-13-17(28-19)15-3-1-14(2-4-15)5-6-24/h1-4,11-13H,5-10,24H2,(H2,25,27)(H,29,31). The van der Waals surface area contributed by atoms with Crippen molar-refractivity contribution in [2.45, 2.75) is 6.42 Å². The number of amides is 1. The Bertz CT molecular complexity index is 1100. The lowest BCUT2D eigenvalue weighted by Crippen LogP contribution is -2.37. The Labute approximate surface area is 190 Å². The molecule has 0 spiro atoms. The summed E-state index contributed by atoms with van der Waals surface area (Å²) in [6, 6.07) is 7.80. The van der Waals surface area contributed by atoms with Crippen LogP contribution in [0.5, 0.6) is 0 Å². The van der Waals surface area contributed by atoms with Gasteiger partial charge in [0.05, 0.1) is 47.7 Å². The van der Waals surface area contributed by atoms with Crippen molar-refractivity contribution >= 4 is 34.7 Å². The molecule has 2 aromatic heterocycles. The summed E-state index contributed by atoms with van der Waals surface area (Å²) < 4.78 is 5.41. The average molecular weight is 454 g/mol. The van der Waals surface area contributed by atoms with Crippen LogP contribution in [-0.4, -0.2) is 53.7 Å². The van der Waals surface area contributed by atoms with Gasteiger partial charge in [0.25, 0.3) is 5.91 Å². The van der Waals surface area contributed by atoms with Gasteiger partial charge < -0.3 is 26.4 Å². The van der Waals surface area contributed by atoms with Crippen molar-refractivity contribution in [3.05, 3.63) is 59.1 Å². The molecule has 0 saturated carbocycles. The Morgan fingerprint density at radius 3 is 2.62 bits per heavy atom. The number of halogens is 1. The Kier molecular flexibility index (Phi) is 6.79. The zero-order chi connectivity index (χ0) is 22.5. The van der Waals surface area contributed by atoms with E-state index in [4.69, 9.17) is 27.8 Å². The maximum absolute atomic E-state index is 13.1. The molecule has 9 nitrogen and oxygen atoms in total. The summed E-state index contributed by atoms with van der Waals surface area (Å²) in [5.74, 6) is -0.455. The first kappa shape index (κ1) is 21.9. The zero-order valence-electron chi connectivity index (χ0n) is 17.4. The van der Waals surface area contributed by atoms with E-state index >= 15 is 0 Å². The first-order valence-corrected chi connectivity index (χ1v) is 10.6. The molecule has 0 aliphatic carbocycles. The van der Waals surface area contributed by atoms with Gasteiger partial charge in [-0.25, -0.2) is 9.97 Å². The molecule has 1 aliphatic rings. The van der Waals surface area contributed by atoms with Crippen molar-refractivity contribution in [2.75, 3.05) is 48.8 Å². The number of nitrogens with one attached hydrogen (secondary N) is 1. The molecular weight excluding hydrogens is 430 g/mol. The quantitative estimate of drug-likeness (QED) is 0.518.